The van der Waals surface area contributed by atoms with Crippen molar-refractivity contribution in [2.24, 2.45) is 20.0 Å². The number of hydrogen-bond donors (Lipinski definition) is 1. The number of sulfonamides is 1. The third-order valence-corrected chi connectivity index (χ3v) is 6.04. The van der Waals surface area contributed by atoms with E-state index in [1.807, 2.05) is 13.2 Å². The number of nitrogens with one attached hydrogen (secondary N) is 1. The summed E-state index contributed by atoms with van der Waals surface area (Å²) in [4.78, 5) is 0.222. The fourth-order valence-electron chi connectivity index (χ4n) is 3.04. The van der Waals surface area contributed by atoms with E-state index in [1.54, 1.807) is 29.5 Å². The highest BCUT2D eigenvalue weighted by atomic mass is 32.2. The lowest BCUT2D eigenvalue weighted by molar-refractivity contribution is -0.0262. The number of ether oxygens (including phenoxy) is 1. The molecule has 3 rings (SSSR count). The molecule has 1 fully saturated rings. The van der Waals surface area contributed by atoms with Gasteiger partial charge in [0.05, 0.1) is 24.2 Å². The first-order valence-electron chi connectivity index (χ1n) is 7.97. The maximum absolute atomic E-state index is 12.5. The summed E-state index contributed by atoms with van der Waals surface area (Å²) in [5.41, 5.74) is 1.60. The van der Waals surface area contributed by atoms with E-state index in [0.29, 0.717) is 18.8 Å². The molecule has 0 unspecified atom stereocenters. The van der Waals surface area contributed by atoms with Gasteiger partial charge in [-0.2, -0.15) is 10.2 Å². The minimum atomic E-state index is -3.58. The van der Waals surface area contributed by atoms with Gasteiger partial charge >= 0.3 is 0 Å². The standard InChI is InChI=1S/C15H23N5O3S/c1-11-14(9-17-20(11)3)24(21,22)18-8-12-5-4-6-23-15(12)13-7-16-19(2)10-13/h7,9-10,12,15,18H,4-6,8H2,1-3H3/t12-,15+/m0/s1. The van der Waals surface area contributed by atoms with Crippen LogP contribution < -0.4 is 4.72 Å². The quantitative estimate of drug-likeness (QED) is 0.863. The van der Waals surface area contributed by atoms with Gasteiger partial charge in [-0.05, 0) is 19.8 Å². The van der Waals surface area contributed by atoms with E-state index in [1.165, 1.54) is 6.20 Å². The van der Waals surface area contributed by atoms with Crippen LogP contribution in [0.1, 0.15) is 30.2 Å². The summed E-state index contributed by atoms with van der Waals surface area (Å²) < 4.78 is 37.0. The summed E-state index contributed by atoms with van der Waals surface area (Å²) in [7, 11) is 0.000718. The van der Waals surface area contributed by atoms with E-state index >= 15 is 0 Å². The smallest absolute Gasteiger partial charge is 0.243 e. The molecule has 9 heteroatoms. The molecular weight excluding hydrogens is 330 g/mol. The van der Waals surface area contributed by atoms with Crippen molar-refractivity contribution in [3.8, 4) is 0 Å². The second-order valence-corrected chi connectivity index (χ2v) is 7.95. The van der Waals surface area contributed by atoms with Crippen molar-refractivity contribution in [2.45, 2.75) is 30.8 Å². The summed E-state index contributed by atoms with van der Waals surface area (Å²) >= 11 is 0. The molecule has 0 amide bonds. The van der Waals surface area contributed by atoms with Crippen molar-refractivity contribution in [3.63, 3.8) is 0 Å². The van der Waals surface area contributed by atoms with Crippen LogP contribution in [0, 0.1) is 12.8 Å². The van der Waals surface area contributed by atoms with Crippen molar-refractivity contribution in [2.75, 3.05) is 13.2 Å². The van der Waals surface area contributed by atoms with E-state index in [0.717, 1.165) is 18.4 Å². The Morgan fingerprint density at radius 2 is 2.12 bits per heavy atom. The lowest BCUT2D eigenvalue weighted by atomic mass is 9.91. The van der Waals surface area contributed by atoms with Crippen LogP contribution >= 0.6 is 0 Å². The number of nitrogens with zero attached hydrogens (tertiary/aromatic N) is 4. The molecule has 1 aliphatic rings. The molecule has 2 atom stereocenters. The van der Waals surface area contributed by atoms with Crippen LogP contribution in [-0.4, -0.2) is 41.1 Å². The Balaban J connectivity index is 1.73. The predicted octanol–water partition coefficient (Wildman–Crippen LogP) is 0.908. The minimum Gasteiger partial charge on any atom is -0.373 e. The Morgan fingerprint density at radius 3 is 2.75 bits per heavy atom. The van der Waals surface area contributed by atoms with Crippen LogP contribution in [0.15, 0.2) is 23.5 Å². The van der Waals surface area contributed by atoms with Gasteiger partial charge in [0.2, 0.25) is 10.0 Å². The molecule has 0 aliphatic carbocycles. The van der Waals surface area contributed by atoms with Crippen molar-refractivity contribution in [3.05, 3.63) is 29.8 Å². The van der Waals surface area contributed by atoms with Crippen molar-refractivity contribution in [1.82, 2.24) is 24.3 Å². The molecule has 0 bridgehead atoms. The molecule has 1 saturated heterocycles. The van der Waals surface area contributed by atoms with Gasteiger partial charge in [0, 0.05) is 44.9 Å². The average Bonchev–Trinajstić information content (AvgIpc) is 3.13. The third-order valence-electron chi connectivity index (χ3n) is 4.51. The number of aryl methyl sites for hydroxylation is 2. The zero-order chi connectivity index (χ0) is 17.3. The molecule has 2 aromatic heterocycles. The molecule has 1 aliphatic heterocycles. The molecular formula is C15H23N5O3S. The van der Waals surface area contributed by atoms with E-state index in [-0.39, 0.29) is 16.9 Å². The van der Waals surface area contributed by atoms with Gasteiger partial charge in [0.1, 0.15) is 4.90 Å². The maximum atomic E-state index is 12.5. The van der Waals surface area contributed by atoms with Crippen molar-refractivity contribution >= 4 is 10.0 Å². The van der Waals surface area contributed by atoms with Gasteiger partial charge in [-0.1, -0.05) is 0 Å². The topological polar surface area (TPSA) is 91.0 Å². The van der Waals surface area contributed by atoms with E-state index in [2.05, 4.69) is 14.9 Å². The van der Waals surface area contributed by atoms with Crippen LogP contribution in [0.2, 0.25) is 0 Å². The summed E-state index contributed by atoms with van der Waals surface area (Å²) in [6.45, 7) is 2.75. The highest BCUT2D eigenvalue weighted by molar-refractivity contribution is 7.89. The zero-order valence-corrected chi connectivity index (χ0v) is 15.0. The van der Waals surface area contributed by atoms with Gasteiger partial charge in [-0.15, -0.1) is 0 Å². The van der Waals surface area contributed by atoms with Gasteiger partial charge < -0.3 is 4.74 Å². The number of aromatic nitrogens is 4. The van der Waals surface area contributed by atoms with Crippen LogP contribution in [0.4, 0.5) is 0 Å². The first-order valence-corrected chi connectivity index (χ1v) is 9.45. The molecule has 0 aromatic carbocycles. The molecule has 2 aromatic rings. The Hall–Kier alpha value is -1.71. The van der Waals surface area contributed by atoms with Crippen molar-refractivity contribution in [1.29, 1.82) is 0 Å². The Kier molecular flexibility index (Phi) is 4.75. The molecule has 0 radical (unpaired) electrons. The summed E-state index contributed by atoms with van der Waals surface area (Å²) in [5.74, 6) is 0.0784. The highest BCUT2D eigenvalue weighted by Crippen LogP contribution is 2.33. The fraction of sp³-hybridized carbons (Fsp3) is 0.600. The number of rotatable bonds is 5. The summed E-state index contributed by atoms with van der Waals surface area (Å²) in [6.07, 6.45) is 6.78. The van der Waals surface area contributed by atoms with Gasteiger partial charge in [0.15, 0.2) is 0 Å². The van der Waals surface area contributed by atoms with Crippen LogP contribution in [0.3, 0.4) is 0 Å². The molecule has 24 heavy (non-hydrogen) atoms. The first kappa shape index (κ1) is 17.1. The lowest BCUT2D eigenvalue weighted by Gasteiger charge is -2.31. The number of hydrogen-bond acceptors (Lipinski definition) is 5. The van der Waals surface area contributed by atoms with E-state index < -0.39 is 10.0 Å². The summed E-state index contributed by atoms with van der Waals surface area (Å²) in [6, 6.07) is 0. The minimum absolute atomic E-state index is 0.0784. The zero-order valence-electron chi connectivity index (χ0n) is 14.1. The Bertz CT molecular complexity index is 811. The first-order chi connectivity index (χ1) is 11.4. The SMILES string of the molecule is Cc1c(S(=O)(=O)NC[C@@H]2CCCO[C@H]2c2cnn(C)c2)cnn1C. The van der Waals surface area contributed by atoms with Crippen LogP contribution in [0.5, 0.6) is 0 Å². The lowest BCUT2D eigenvalue weighted by Crippen LogP contribution is -2.35. The van der Waals surface area contributed by atoms with Gasteiger partial charge in [-0.3, -0.25) is 9.36 Å². The second-order valence-electron chi connectivity index (χ2n) is 6.21. The molecule has 1 N–H and O–H groups in total. The molecule has 0 saturated carbocycles. The molecule has 0 spiro atoms. The normalized spacial score (nSPS) is 22.0. The van der Waals surface area contributed by atoms with E-state index in [9.17, 15) is 8.42 Å². The van der Waals surface area contributed by atoms with Crippen molar-refractivity contribution < 1.29 is 13.2 Å². The van der Waals surface area contributed by atoms with Gasteiger partial charge in [-0.25, -0.2) is 13.1 Å². The Labute approximate surface area is 141 Å². The van der Waals surface area contributed by atoms with Crippen LogP contribution in [0.25, 0.3) is 0 Å². The fourth-order valence-corrected chi connectivity index (χ4v) is 4.34. The second kappa shape index (κ2) is 6.66. The summed E-state index contributed by atoms with van der Waals surface area (Å²) in [5, 5.41) is 8.19. The highest BCUT2D eigenvalue weighted by Gasteiger charge is 2.30. The van der Waals surface area contributed by atoms with Gasteiger partial charge in [0.25, 0.3) is 0 Å². The van der Waals surface area contributed by atoms with E-state index in [4.69, 9.17) is 4.74 Å². The third kappa shape index (κ3) is 3.38. The van der Waals surface area contributed by atoms with Crippen LogP contribution in [-0.2, 0) is 28.9 Å². The Morgan fingerprint density at radius 1 is 1.33 bits per heavy atom. The average molecular weight is 353 g/mol. The monoisotopic (exact) mass is 353 g/mol. The predicted molar refractivity (Wildman–Crippen MR) is 87.8 cm³/mol. The molecule has 132 valence electrons. The maximum Gasteiger partial charge on any atom is 0.243 e. The largest absolute Gasteiger partial charge is 0.373 e. The molecule has 8 nitrogen and oxygen atoms in total. The molecule has 3 heterocycles.